The average molecular weight is 544 g/mol. The van der Waals surface area contributed by atoms with Crippen LogP contribution in [0.2, 0.25) is 0 Å². The van der Waals surface area contributed by atoms with Crippen LogP contribution in [-0.2, 0) is 34.2 Å². The molecule has 1 saturated carbocycles. The standard InChI is InChI=1S/C29H25F4NO5/c1-38-21-4-2-3-17(11-21)14-28(37,26(36)34-20-6-7-22-18(12-20)15-39-25(22)35)16-27(9-10-27)23-13-19(29(31,32)33)5-8-24(23)30/h2-8,11-13,37H,9-10,14-16H2,1H3,(H,34,36). The fourth-order valence-corrected chi connectivity index (χ4v) is 5.16. The zero-order valence-electron chi connectivity index (χ0n) is 20.9. The Kier molecular flexibility index (Phi) is 6.62. The van der Waals surface area contributed by atoms with Gasteiger partial charge in [-0.3, -0.25) is 4.79 Å². The van der Waals surface area contributed by atoms with Crippen molar-refractivity contribution in [1.82, 2.24) is 0 Å². The van der Waals surface area contributed by atoms with Crippen LogP contribution in [-0.4, -0.2) is 29.7 Å². The van der Waals surface area contributed by atoms with Crippen LogP contribution < -0.4 is 10.1 Å². The zero-order valence-corrected chi connectivity index (χ0v) is 20.9. The molecule has 2 aliphatic rings. The molecule has 1 atom stereocenters. The van der Waals surface area contributed by atoms with Gasteiger partial charge in [-0.1, -0.05) is 12.1 Å². The van der Waals surface area contributed by atoms with Gasteiger partial charge in [0.25, 0.3) is 5.91 Å². The molecule has 1 heterocycles. The molecule has 0 aromatic heterocycles. The normalized spacial score (nSPS) is 17.1. The lowest BCUT2D eigenvalue weighted by atomic mass is 9.78. The van der Waals surface area contributed by atoms with Gasteiger partial charge < -0.3 is 19.9 Å². The van der Waals surface area contributed by atoms with Crippen LogP contribution in [0.3, 0.4) is 0 Å². The number of halogens is 4. The Bertz CT molecular complexity index is 1450. The number of rotatable bonds is 8. The fraction of sp³-hybridized carbons (Fsp3) is 0.310. The molecule has 10 heteroatoms. The summed E-state index contributed by atoms with van der Waals surface area (Å²) in [5, 5.41) is 14.5. The molecule has 39 heavy (non-hydrogen) atoms. The van der Waals surface area contributed by atoms with Crippen molar-refractivity contribution in [2.45, 2.75) is 49.5 Å². The third-order valence-corrected chi connectivity index (χ3v) is 7.34. The van der Waals surface area contributed by atoms with E-state index < -0.39 is 40.4 Å². The molecule has 0 radical (unpaired) electrons. The van der Waals surface area contributed by atoms with Crippen LogP contribution in [0.5, 0.6) is 5.75 Å². The first-order chi connectivity index (χ1) is 18.4. The lowest BCUT2D eigenvalue weighted by Gasteiger charge is -2.32. The van der Waals surface area contributed by atoms with E-state index in [4.69, 9.17) is 9.47 Å². The second kappa shape index (κ2) is 9.68. The maximum absolute atomic E-state index is 14.9. The molecule has 204 valence electrons. The number of benzene rings is 3. The lowest BCUT2D eigenvalue weighted by molar-refractivity contribution is -0.138. The Morgan fingerprint density at radius 3 is 2.56 bits per heavy atom. The van der Waals surface area contributed by atoms with Gasteiger partial charge in [-0.2, -0.15) is 13.2 Å². The van der Waals surface area contributed by atoms with Crippen molar-refractivity contribution in [3.63, 3.8) is 0 Å². The second-order valence-corrected chi connectivity index (χ2v) is 10.1. The van der Waals surface area contributed by atoms with Crippen molar-refractivity contribution >= 4 is 17.6 Å². The maximum Gasteiger partial charge on any atom is 0.416 e. The van der Waals surface area contributed by atoms with E-state index in [-0.39, 0.29) is 25.0 Å². The van der Waals surface area contributed by atoms with Gasteiger partial charge in [-0.15, -0.1) is 0 Å². The van der Waals surface area contributed by atoms with E-state index >= 15 is 0 Å². The van der Waals surface area contributed by atoms with Crippen molar-refractivity contribution in [3.8, 4) is 5.75 Å². The number of hydrogen-bond acceptors (Lipinski definition) is 5. The Morgan fingerprint density at radius 2 is 1.87 bits per heavy atom. The van der Waals surface area contributed by atoms with Gasteiger partial charge in [0, 0.05) is 23.1 Å². The molecule has 3 aromatic carbocycles. The van der Waals surface area contributed by atoms with Crippen LogP contribution in [0.25, 0.3) is 0 Å². The molecule has 3 aromatic rings. The summed E-state index contributed by atoms with van der Waals surface area (Å²) in [6.45, 7) is 0.0455. The highest BCUT2D eigenvalue weighted by atomic mass is 19.4. The minimum atomic E-state index is -4.68. The minimum Gasteiger partial charge on any atom is -0.497 e. The third kappa shape index (κ3) is 5.34. The van der Waals surface area contributed by atoms with Gasteiger partial charge in [-0.25, -0.2) is 9.18 Å². The predicted octanol–water partition coefficient (Wildman–Crippen LogP) is 5.56. The summed E-state index contributed by atoms with van der Waals surface area (Å²) < 4.78 is 65.4. The number of aliphatic hydroxyl groups is 1. The number of methoxy groups -OCH3 is 1. The Hall–Kier alpha value is -3.92. The highest BCUT2D eigenvalue weighted by molar-refractivity contribution is 5.99. The number of alkyl halides is 3. The number of esters is 1. The van der Waals surface area contributed by atoms with Gasteiger partial charge in [0.2, 0.25) is 0 Å². The summed E-state index contributed by atoms with van der Waals surface area (Å²) in [6.07, 6.45) is -4.58. The summed E-state index contributed by atoms with van der Waals surface area (Å²) in [5.41, 5.74) is -2.68. The number of cyclic esters (lactones) is 1. The molecule has 2 N–H and O–H groups in total. The molecule has 1 aliphatic heterocycles. The summed E-state index contributed by atoms with van der Waals surface area (Å²) in [4.78, 5) is 25.4. The lowest BCUT2D eigenvalue weighted by Crippen LogP contribution is -2.47. The molecule has 1 amide bonds. The molecule has 0 saturated heterocycles. The van der Waals surface area contributed by atoms with E-state index in [1.807, 2.05) is 0 Å². The number of carbonyl (C=O) groups excluding carboxylic acids is 2. The Morgan fingerprint density at radius 1 is 1.10 bits per heavy atom. The van der Waals surface area contributed by atoms with Crippen molar-refractivity contribution in [3.05, 3.63) is 94.3 Å². The van der Waals surface area contributed by atoms with Gasteiger partial charge in [0.05, 0.1) is 18.2 Å². The summed E-state index contributed by atoms with van der Waals surface area (Å²) in [5.74, 6) is -1.62. The molecule has 6 nitrogen and oxygen atoms in total. The van der Waals surface area contributed by atoms with Crippen LogP contribution in [0.15, 0.2) is 60.7 Å². The third-order valence-electron chi connectivity index (χ3n) is 7.34. The molecule has 1 fully saturated rings. The van der Waals surface area contributed by atoms with E-state index in [1.54, 1.807) is 30.3 Å². The highest BCUT2D eigenvalue weighted by Crippen LogP contribution is 2.55. The zero-order chi connectivity index (χ0) is 28.0. The number of ether oxygens (including phenoxy) is 2. The van der Waals surface area contributed by atoms with Crippen LogP contribution in [0, 0.1) is 5.82 Å². The number of hydrogen-bond donors (Lipinski definition) is 2. The number of carbonyl (C=O) groups is 2. The van der Waals surface area contributed by atoms with Crippen molar-refractivity contribution in [2.24, 2.45) is 0 Å². The van der Waals surface area contributed by atoms with Gasteiger partial charge >= 0.3 is 12.1 Å². The largest absolute Gasteiger partial charge is 0.497 e. The number of amides is 1. The van der Waals surface area contributed by atoms with E-state index in [0.29, 0.717) is 47.0 Å². The molecule has 5 rings (SSSR count). The van der Waals surface area contributed by atoms with Crippen LogP contribution in [0.1, 0.15) is 51.9 Å². The topological polar surface area (TPSA) is 84.9 Å². The molecule has 0 spiro atoms. The van der Waals surface area contributed by atoms with Crippen molar-refractivity contribution in [2.75, 3.05) is 12.4 Å². The predicted molar refractivity (Wildman–Crippen MR) is 133 cm³/mol. The van der Waals surface area contributed by atoms with Gasteiger partial charge in [0.1, 0.15) is 23.8 Å². The molecule has 1 aliphatic carbocycles. The summed E-state index contributed by atoms with van der Waals surface area (Å²) >= 11 is 0. The Labute approximate surface area is 221 Å². The number of fused-ring (bicyclic) bond motifs is 1. The van der Waals surface area contributed by atoms with Crippen molar-refractivity contribution < 1.29 is 41.7 Å². The van der Waals surface area contributed by atoms with Crippen LogP contribution in [0.4, 0.5) is 23.2 Å². The fourth-order valence-electron chi connectivity index (χ4n) is 5.16. The summed E-state index contributed by atoms with van der Waals surface area (Å²) in [7, 11) is 1.47. The number of anilines is 1. The molecule has 0 bridgehead atoms. The smallest absolute Gasteiger partial charge is 0.416 e. The van der Waals surface area contributed by atoms with E-state index in [0.717, 1.165) is 12.1 Å². The number of nitrogens with one attached hydrogen (secondary N) is 1. The molecular weight excluding hydrogens is 518 g/mol. The summed E-state index contributed by atoms with van der Waals surface area (Å²) in [6, 6.07) is 13.5. The van der Waals surface area contributed by atoms with E-state index in [2.05, 4.69) is 5.32 Å². The minimum absolute atomic E-state index is 0.0455. The monoisotopic (exact) mass is 543 g/mol. The highest BCUT2D eigenvalue weighted by Gasteiger charge is 2.54. The van der Waals surface area contributed by atoms with Crippen LogP contribution >= 0.6 is 0 Å². The SMILES string of the molecule is COc1cccc(CC(O)(CC2(c3cc(C(F)(F)F)ccc3F)CC2)C(=O)Nc2ccc3c(c2)COC3=O)c1. The van der Waals surface area contributed by atoms with Gasteiger partial charge in [0.15, 0.2) is 0 Å². The van der Waals surface area contributed by atoms with Crippen molar-refractivity contribution in [1.29, 1.82) is 0 Å². The molecule has 1 unspecified atom stereocenters. The van der Waals surface area contributed by atoms with E-state index in [1.165, 1.54) is 19.2 Å². The first kappa shape index (κ1) is 26.7. The second-order valence-electron chi connectivity index (χ2n) is 10.1. The Balaban J connectivity index is 1.49. The molecular formula is C29H25F4NO5. The van der Waals surface area contributed by atoms with E-state index in [9.17, 15) is 32.3 Å². The maximum atomic E-state index is 14.9. The van der Waals surface area contributed by atoms with Gasteiger partial charge in [-0.05, 0) is 78.9 Å². The average Bonchev–Trinajstić information content (AvgIpc) is 3.57. The first-order valence-corrected chi connectivity index (χ1v) is 12.3. The quantitative estimate of drug-likeness (QED) is 0.287. The first-order valence-electron chi connectivity index (χ1n) is 12.3.